The number of halogens is 1. The number of benzene rings is 1. The highest BCUT2D eigenvalue weighted by Gasteiger charge is 2.20. The van der Waals surface area contributed by atoms with Gasteiger partial charge in [0.05, 0.1) is 6.61 Å². The van der Waals surface area contributed by atoms with Gasteiger partial charge in [-0.2, -0.15) is 5.10 Å². The number of aryl methyl sites for hydroxylation is 1. The van der Waals surface area contributed by atoms with E-state index in [1.54, 1.807) is 16.8 Å². The molecule has 1 fully saturated rings. The molecule has 0 spiro atoms. The highest BCUT2D eigenvalue weighted by atomic mass is 19.1. The molecule has 24 heavy (non-hydrogen) atoms. The highest BCUT2D eigenvalue weighted by Crippen LogP contribution is 2.33. The van der Waals surface area contributed by atoms with Crippen molar-refractivity contribution in [3.05, 3.63) is 60.3 Å². The van der Waals surface area contributed by atoms with Crippen LogP contribution in [0, 0.1) is 5.82 Å². The summed E-state index contributed by atoms with van der Waals surface area (Å²) in [5.74, 6) is 0.111. The van der Waals surface area contributed by atoms with Crippen molar-refractivity contribution in [2.45, 2.75) is 12.3 Å². The van der Waals surface area contributed by atoms with Crippen LogP contribution >= 0.6 is 0 Å². The fourth-order valence-electron chi connectivity index (χ4n) is 3.13. The molecule has 0 amide bonds. The van der Waals surface area contributed by atoms with Gasteiger partial charge >= 0.3 is 0 Å². The van der Waals surface area contributed by atoms with Gasteiger partial charge in [-0.3, -0.25) is 9.67 Å². The number of ether oxygens (including phenoxy) is 1. The lowest BCUT2D eigenvalue weighted by molar-refractivity contribution is 0.193. The van der Waals surface area contributed by atoms with Gasteiger partial charge in [0.2, 0.25) is 0 Å². The number of nitrogens with zero attached hydrogens (tertiary/aromatic N) is 3. The molecule has 4 rings (SSSR count). The Labute approximate surface area is 139 Å². The molecule has 0 saturated carbocycles. The van der Waals surface area contributed by atoms with E-state index in [1.807, 2.05) is 25.5 Å². The largest absolute Gasteiger partial charge is 0.381 e. The fourth-order valence-corrected chi connectivity index (χ4v) is 3.13. The van der Waals surface area contributed by atoms with Crippen LogP contribution in [-0.4, -0.2) is 28.0 Å². The monoisotopic (exact) mass is 323 g/mol. The molecule has 1 aliphatic rings. The Bertz CT molecular complexity index is 851. The quantitative estimate of drug-likeness (QED) is 0.736. The summed E-state index contributed by atoms with van der Waals surface area (Å²) in [6, 6.07) is 10.5. The van der Waals surface area contributed by atoms with Crippen LogP contribution in [-0.2, 0) is 11.8 Å². The smallest absolute Gasteiger partial charge is 0.123 e. The van der Waals surface area contributed by atoms with Gasteiger partial charge in [-0.05, 0) is 48.4 Å². The van der Waals surface area contributed by atoms with Crippen LogP contribution in [0.5, 0.6) is 0 Å². The van der Waals surface area contributed by atoms with E-state index in [0.717, 1.165) is 47.7 Å². The first-order valence-electron chi connectivity index (χ1n) is 8.04. The van der Waals surface area contributed by atoms with Crippen molar-refractivity contribution >= 4 is 0 Å². The minimum absolute atomic E-state index is 0.247. The lowest BCUT2D eigenvalue weighted by Gasteiger charge is -2.09. The van der Waals surface area contributed by atoms with E-state index >= 15 is 0 Å². The molecule has 0 bridgehead atoms. The van der Waals surface area contributed by atoms with Crippen LogP contribution in [0.4, 0.5) is 4.39 Å². The Morgan fingerprint density at radius 3 is 2.75 bits per heavy atom. The van der Waals surface area contributed by atoms with Gasteiger partial charge in [0.15, 0.2) is 0 Å². The van der Waals surface area contributed by atoms with Gasteiger partial charge in [0.25, 0.3) is 0 Å². The number of hydrogen-bond acceptors (Lipinski definition) is 3. The number of hydrogen-bond donors (Lipinski definition) is 0. The maximum Gasteiger partial charge on any atom is 0.123 e. The summed E-state index contributed by atoms with van der Waals surface area (Å²) in [4.78, 5) is 4.51. The van der Waals surface area contributed by atoms with Gasteiger partial charge in [-0.1, -0.05) is 0 Å². The van der Waals surface area contributed by atoms with E-state index in [9.17, 15) is 4.39 Å². The fraction of sp³-hybridized carbons (Fsp3) is 0.263. The van der Waals surface area contributed by atoms with Crippen molar-refractivity contribution in [2.75, 3.05) is 13.2 Å². The Morgan fingerprint density at radius 1 is 1.17 bits per heavy atom. The maximum absolute atomic E-state index is 13.2. The summed E-state index contributed by atoms with van der Waals surface area (Å²) >= 11 is 0. The molecule has 122 valence electrons. The normalized spacial score (nSPS) is 17.3. The first-order valence-corrected chi connectivity index (χ1v) is 8.04. The predicted molar refractivity (Wildman–Crippen MR) is 90.0 cm³/mol. The van der Waals surface area contributed by atoms with Gasteiger partial charge in [0, 0.05) is 48.8 Å². The van der Waals surface area contributed by atoms with Crippen LogP contribution in [0.15, 0.2) is 48.8 Å². The van der Waals surface area contributed by atoms with E-state index in [-0.39, 0.29) is 5.82 Å². The SMILES string of the molecule is Cn1cc(-c2ccnc(C3CCOC3)c2)c(-c2ccc(F)cc2)n1. The van der Waals surface area contributed by atoms with E-state index in [4.69, 9.17) is 4.74 Å². The minimum Gasteiger partial charge on any atom is -0.381 e. The van der Waals surface area contributed by atoms with Crippen LogP contribution in [0.1, 0.15) is 18.0 Å². The first kappa shape index (κ1) is 15.0. The summed E-state index contributed by atoms with van der Waals surface area (Å²) in [5.41, 5.74) is 4.89. The lowest BCUT2D eigenvalue weighted by Crippen LogP contribution is -2.00. The minimum atomic E-state index is -0.247. The first-order chi connectivity index (χ1) is 11.7. The van der Waals surface area contributed by atoms with Crippen LogP contribution in [0.25, 0.3) is 22.4 Å². The zero-order chi connectivity index (χ0) is 16.5. The van der Waals surface area contributed by atoms with Gasteiger partial charge in [0.1, 0.15) is 11.5 Å². The molecule has 1 saturated heterocycles. The van der Waals surface area contributed by atoms with Crippen molar-refractivity contribution < 1.29 is 9.13 Å². The van der Waals surface area contributed by atoms with Crippen molar-refractivity contribution in [2.24, 2.45) is 7.05 Å². The number of pyridine rings is 1. The Kier molecular flexibility index (Phi) is 3.86. The molecule has 0 radical (unpaired) electrons. The number of rotatable bonds is 3. The molecule has 4 nitrogen and oxygen atoms in total. The van der Waals surface area contributed by atoms with Crippen molar-refractivity contribution in [3.63, 3.8) is 0 Å². The predicted octanol–water partition coefficient (Wildman–Crippen LogP) is 3.79. The second kappa shape index (κ2) is 6.17. The van der Waals surface area contributed by atoms with Crippen LogP contribution in [0.2, 0.25) is 0 Å². The Balaban J connectivity index is 1.77. The van der Waals surface area contributed by atoms with E-state index in [1.165, 1.54) is 12.1 Å². The van der Waals surface area contributed by atoms with Crippen molar-refractivity contribution in [1.82, 2.24) is 14.8 Å². The summed E-state index contributed by atoms with van der Waals surface area (Å²) < 4.78 is 20.5. The molecule has 0 aliphatic carbocycles. The third-order valence-electron chi connectivity index (χ3n) is 4.39. The molecule has 3 heterocycles. The zero-order valence-electron chi connectivity index (χ0n) is 13.4. The van der Waals surface area contributed by atoms with Crippen LogP contribution < -0.4 is 0 Å². The van der Waals surface area contributed by atoms with E-state index in [2.05, 4.69) is 16.1 Å². The second-order valence-electron chi connectivity index (χ2n) is 6.10. The molecule has 1 aromatic carbocycles. The standard InChI is InChI=1S/C19H18FN3O/c1-23-11-17(19(22-23)13-2-4-16(20)5-3-13)14-6-8-21-18(10-14)15-7-9-24-12-15/h2-6,8,10-11,15H,7,9,12H2,1H3. The molecular weight excluding hydrogens is 305 g/mol. The average molecular weight is 323 g/mol. The summed E-state index contributed by atoms with van der Waals surface area (Å²) in [6.45, 7) is 1.53. The molecule has 1 unspecified atom stereocenters. The summed E-state index contributed by atoms with van der Waals surface area (Å²) in [7, 11) is 1.89. The third-order valence-corrected chi connectivity index (χ3v) is 4.39. The molecule has 1 aliphatic heterocycles. The molecule has 5 heteroatoms. The zero-order valence-corrected chi connectivity index (χ0v) is 13.4. The van der Waals surface area contributed by atoms with Gasteiger partial charge in [-0.25, -0.2) is 4.39 Å². The van der Waals surface area contributed by atoms with Crippen LogP contribution in [0.3, 0.4) is 0 Å². The van der Waals surface area contributed by atoms with Gasteiger partial charge < -0.3 is 4.74 Å². The van der Waals surface area contributed by atoms with E-state index < -0.39 is 0 Å². The Morgan fingerprint density at radius 2 is 2.00 bits per heavy atom. The Hall–Kier alpha value is -2.53. The van der Waals surface area contributed by atoms with Crippen molar-refractivity contribution in [1.29, 1.82) is 0 Å². The van der Waals surface area contributed by atoms with Crippen molar-refractivity contribution in [3.8, 4) is 22.4 Å². The molecular formula is C19H18FN3O. The molecule has 3 aromatic rings. The molecule has 2 aromatic heterocycles. The van der Waals surface area contributed by atoms with E-state index in [0.29, 0.717) is 5.92 Å². The highest BCUT2D eigenvalue weighted by molar-refractivity contribution is 5.80. The molecule has 0 N–H and O–H groups in total. The second-order valence-corrected chi connectivity index (χ2v) is 6.10. The third kappa shape index (κ3) is 2.83. The molecule has 1 atom stereocenters. The summed E-state index contributed by atoms with van der Waals surface area (Å²) in [6.07, 6.45) is 4.84. The lowest BCUT2D eigenvalue weighted by atomic mass is 9.98. The number of aromatic nitrogens is 3. The maximum atomic E-state index is 13.2. The summed E-state index contributed by atoms with van der Waals surface area (Å²) in [5, 5.41) is 4.56. The topological polar surface area (TPSA) is 39.9 Å². The van der Waals surface area contributed by atoms with Gasteiger partial charge in [-0.15, -0.1) is 0 Å². The average Bonchev–Trinajstić information content (AvgIpc) is 3.25.